The van der Waals surface area contributed by atoms with Gasteiger partial charge in [-0.3, -0.25) is 5.32 Å². The van der Waals surface area contributed by atoms with Gasteiger partial charge in [0.05, 0.1) is 6.67 Å². The molecule has 0 atom stereocenters. The van der Waals surface area contributed by atoms with Crippen LogP contribution in [0.25, 0.3) is 0 Å². The van der Waals surface area contributed by atoms with Crippen LogP contribution < -0.4 is 5.32 Å². The molecule has 104 valence electrons. The molecule has 1 N–H and O–H groups in total. The minimum absolute atomic E-state index is 0.247. The molecular formula is C13H25N3O2. The van der Waals surface area contributed by atoms with Crippen molar-refractivity contribution in [2.75, 3.05) is 19.8 Å². The summed E-state index contributed by atoms with van der Waals surface area (Å²) in [5.41, 5.74) is 0. The number of rotatable bonds is 8. The quantitative estimate of drug-likeness (QED) is 0.678. The number of hydrogen-bond acceptors (Lipinski definition) is 2. The van der Waals surface area contributed by atoms with Crippen molar-refractivity contribution in [3.8, 4) is 0 Å². The van der Waals surface area contributed by atoms with Crippen molar-refractivity contribution in [3.63, 3.8) is 0 Å². The maximum Gasteiger partial charge on any atom is 0.326 e. The Morgan fingerprint density at radius 1 is 0.889 bits per heavy atom. The zero-order valence-corrected chi connectivity index (χ0v) is 11.6. The van der Waals surface area contributed by atoms with Gasteiger partial charge < -0.3 is 9.80 Å². The van der Waals surface area contributed by atoms with E-state index in [1.165, 1.54) is 0 Å². The third kappa shape index (κ3) is 4.55. The number of nitrogens with one attached hydrogen (secondary N) is 1. The third-order valence-corrected chi connectivity index (χ3v) is 3.19. The van der Waals surface area contributed by atoms with E-state index in [2.05, 4.69) is 19.2 Å². The molecule has 0 unspecified atom stereocenters. The second kappa shape index (κ2) is 7.95. The fourth-order valence-electron chi connectivity index (χ4n) is 2.03. The summed E-state index contributed by atoms with van der Waals surface area (Å²) in [6.45, 7) is 6.18. The Labute approximate surface area is 110 Å². The first kappa shape index (κ1) is 14.8. The average Bonchev–Trinajstić information content (AvgIpc) is 2.34. The second-order valence-electron chi connectivity index (χ2n) is 4.82. The molecule has 0 bridgehead atoms. The molecule has 0 aromatic carbocycles. The van der Waals surface area contributed by atoms with E-state index < -0.39 is 0 Å². The van der Waals surface area contributed by atoms with Crippen molar-refractivity contribution in [1.82, 2.24) is 15.1 Å². The molecule has 1 rings (SSSR count). The second-order valence-corrected chi connectivity index (χ2v) is 4.82. The lowest BCUT2D eigenvalue weighted by Gasteiger charge is -2.35. The van der Waals surface area contributed by atoms with Gasteiger partial charge >= 0.3 is 12.1 Å². The first-order valence-corrected chi connectivity index (χ1v) is 7.03. The molecule has 0 aromatic heterocycles. The highest BCUT2D eigenvalue weighted by molar-refractivity contribution is 5.95. The van der Waals surface area contributed by atoms with E-state index in [9.17, 15) is 9.59 Å². The number of hydrogen-bond donors (Lipinski definition) is 1. The molecular weight excluding hydrogens is 230 g/mol. The number of urea groups is 2. The number of imide groups is 1. The van der Waals surface area contributed by atoms with Crippen LogP contribution in [0.5, 0.6) is 0 Å². The highest BCUT2D eigenvalue weighted by Gasteiger charge is 2.28. The van der Waals surface area contributed by atoms with E-state index in [0.29, 0.717) is 6.67 Å². The lowest BCUT2D eigenvalue weighted by Crippen LogP contribution is -2.59. The van der Waals surface area contributed by atoms with Crippen molar-refractivity contribution < 1.29 is 9.59 Å². The predicted octanol–water partition coefficient (Wildman–Crippen LogP) is 2.77. The Bertz CT molecular complexity index is 255. The van der Waals surface area contributed by atoms with E-state index in [-0.39, 0.29) is 12.1 Å². The van der Waals surface area contributed by atoms with Gasteiger partial charge in [0.25, 0.3) is 0 Å². The fourth-order valence-corrected chi connectivity index (χ4v) is 2.03. The zero-order valence-electron chi connectivity index (χ0n) is 11.6. The van der Waals surface area contributed by atoms with Gasteiger partial charge in [-0.2, -0.15) is 0 Å². The van der Waals surface area contributed by atoms with Crippen LogP contribution in [0.15, 0.2) is 0 Å². The molecule has 0 aromatic rings. The van der Waals surface area contributed by atoms with E-state index in [4.69, 9.17) is 0 Å². The molecule has 18 heavy (non-hydrogen) atoms. The van der Waals surface area contributed by atoms with Gasteiger partial charge in [-0.1, -0.05) is 39.5 Å². The summed E-state index contributed by atoms with van der Waals surface area (Å²) in [4.78, 5) is 26.7. The number of amides is 4. The number of nitrogens with zero attached hydrogens (tertiary/aromatic N) is 2. The predicted molar refractivity (Wildman–Crippen MR) is 71.3 cm³/mol. The average molecular weight is 255 g/mol. The highest BCUT2D eigenvalue weighted by Crippen LogP contribution is 2.08. The van der Waals surface area contributed by atoms with Gasteiger partial charge in [0, 0.05) is 13.1 Å². The molecule has 0 saturated carbocycles. The normalized spacial score (nSPS) is 16.1. The summed E-state index contributed by atoms with van der Waals surface area (Å²) in [5.74, 6) is 0. The monoisotopic (exact) mass is 255 g/mol. The fraction of sp³-hybridized carbons (Fsp3) is 0.846. The lowest BCUT2D eigenvalue weighted by molar-refractivity contribution is 0.120. The van der Waals surface area contributed by atoms with Gasteiger partial charge in [0.15, 0.2) is 0 Å². The molecule has 0 aliphatic carbocycles. The Hall–Kier alpha value is -1.26. The molecule has 1 saturated heterocycles. The largest absolute Gasteiger partial charge is 0.326 e. The lowest BCUT2D eigenvalue weighted by atomic mass is 10.2. The number of carbonyl (C=O) groups excluding carboxylic acids is 2. The van der Waals surface area contributed by atoms with Crippen molar-refractivity contribution in [1.29, 1.82) is 0 Å². The summed E-state index contributed by atoms with van der Waals surface area (Å²) in [7, 11) is 0. The number of unbranched alkanes of at least 4 members (excludes halogenated alkanes) is 4. The Balaban J connectivity index is 2.39. The summed E-state index contributed by atoms with van der Waals surface area (Å²) >= 11 is 0. The third-order valence-electron chi connectivity index (χ3n) is 3.19. The van der Waals surface area contributed by atoms with Crippen LogP contribution in [-0.4, -0.2) is 41.6 Å². The topological polar surface area (TPSA) is 52.6 Å². The van der Waals surface area contributed by atoms with Crippen LogP contribution in [0.4, 0.5) is 9.59 Å². The van der Waals surface area contributed by atoms with E-state index in [1.54, 1.807) is 9.80 Å². The van der Waals surface area contributed by atoms with E-state index >= 15 is 0 Å². The summed E-state index contributed by atoms with van der Waals surface area (Å²) in [5, 5.41) is 2.41. The molecule has 0 spiro atoms. The summed E-state index contributed by atoms with van der Waals surface area (Å²) < 4.78 is 0. The van der Waals surface area contributed by atoms with Crippen LogP contribution >= 0.6 is 0 Å². The molecule has 0 radical (unpaired) electrons. The van der Waals surface area contributed by atoms with Crippen molar-refractivity contribution in [3.05, 3.63) is 0 Å². The van der Waals surface area contributed by atoms with Crippen LogP contribution in [0.1, 0.15) is 52.4 Å². The number of carbonyl (C=O) groups is 2. The molecule has 1 aliphatic heterocycles. The van der Waals surface area contributed by atoms with Crippen molar-refractivity contribution in [2.24, 2.45) is 0 Å². The first-order chi connectivity index (χ1) is 8.69. The zero-order chi connectivity index (χ0) is 13.4. The Morgan fingerprint density at radius 3 is 1.72 bits per heavy atom. The Kier molecular flexibility index (Phi) is 6.54. The SMILES string of the molecule is CCCCCN1CN(CCCCC)C(=O)NC1=O. The molecule has 5 nitrogen and oxygen atoms in total. The maximum atomic E-state index is 11.6. The van der Waals surface area contributed by atoms with Crippen LogP contribution in [0, 0.1) is 0 Å². The summed E-state index contributed by atoms with van der Waals surface area (Å²) in [6, 6.07) is -0.495. The molecule has 1 aliphatic rings. The maximum absolute atomic E-state index is 11.6. The standard InChI is InChI=1S/C13H25N3O2/c1-3-5-7-9-15-11-16(10-8-6-4-2)13(18)14-12(15)17/h3-11H2,1-2H3,(H,14,17,18). The van der Waals surface area contributed by atoms with E-state index in [1.807, 2.05) is 0 Å². The van der Waals surface area contributed by atoms with Crippen molar-refractivity contribution >= 4 is 12.1 Å². The van der Waals surface area contributed by atoms with Gasteiger partial charge in [0.2, 0.25) is 0 Å². The molecule has 1 heterocycles. The van der Waals surface area contributed by atoms with Crippen LogP contribution in [0.3, 0.4) is 0 Å². The van der Waals surface area contributed by atoms with Gasteiger partial charge in [0.1, 0.15) is 0 Å². The first-order valence-electron chi connectivity index (χ1n) is 7.03. The highest BCUT2D eigenvalue weighted by atomic mass is 16.2. The van der Waals surface area contributed by atoms with Crippen LogP contribution in [0.2, 0.25) is 0 Å². The van der Waals surface area contributed by atoms with Gasteiger partial charge in [-0.25, -0.2) is 9.59 Å². The minimum atomic E-state index is -0.247. The van der Waals surface area contributed by atoms with Crippen molar-refractivity contribution in [2.45, 2.75) is 52.4 Å². The molecule has 5 heteroatoms. The molecule has 1 fully saturated rings. The Morgan fingerprint density at radius 2 is 1.33 bits per heavy atom. The minimum Gasteiger partial charge on any atom is -0.307 e. The van der Waals surface area contributed by atoms with E-state index in [0.717, 1.165) is 51.6 Å². The molecule has 4 amide bonds. The van der Waals surface area contributed by atoms with Crippen LogP contribution in [-0.2, 0) is 0 Å². The van der Waals surface area contributed by atoms with Gasteiger partial charge in [-0.05, 0) is 12.8 Å². The smallest absolute Gasteiger partial charge is 0.307 e. The van der Waals surface area contributed by atoms with Gasteiger partial charge in [-0.15, -0.1) is 0 Å². The summed E-state index contributed by atoms with van der Waals surface area (Å²) in [6.07, 6.45) is 6.51.